The summed E-state index contributed by atoms with van der Waals surface area (Å²) in [5.41, 5.74) is 1.63. The van der Waals surface area contributed by atoms with Crippen molar-refractivity contribution in [2.75, 3.05) is 44.7 Å². The Labute approximate surface area is 160 Å². The lowest BCUT2D eigenvalue weighted by Crippen LogP contribution is -2.48. The molecule has 2 fully saturated rings. The Balaban J connectivity index is 1.42. The van der Waals surface area contributed by atoms with Crippen LogP contribution in [0, 0.1) is 0 Å². The summed E-state index contributed by atoms with van der Waals surface area (Å²) in [6.45, 7) is 5.51. The molecule has 6 nitrogen and oxygen atoms in total. The molecule has 2 saturated heterocycles. The molecule has 3 heterocycles. The predicted octanol–water partition coefficient (Wildman–Crippen LogP) is 3.34. The van der Waals surface area contributed by atoms with Gasteiger partial charge in [0.25, 0.3) is 0 Å². The fraction of sp³-hybridized carbons (Fsp3) is 0.524. The number of aromatic nitrogens is 1. The predicted molar refractivity (Wildman–Crippen MR) is 107 cm³/mol. The van der Waals surface area contributed by atoms with E-state index in [0.717, 1.165) is 75.2 Å². The average Bonchev–Trinajstić information content (AvgIpc) is 2.73. The number of fused-ring (bicyclic) bond motifs is 1. The fourth-order valence-electron chi connectivity index (χ4n) is 4.12. The second kappa shape index (κ2) is 8.67. The Bertz CT molecular complexity index is 770. The Kier molecular flexibility index (Phi) is 5.84. The number of piperidine rings is 1. The van der Waals surface area contributed by atoms with Crippen molar-refractivity contribution in [2.45, 2.75) is 31.7 Å². The number of nitrogens with zero attached hydrogens (tertiary/aromatic N) is 3. The van der Waals surface area contributed by atoms with Crippen LogP contribution in [-0.4, -0.2) is 66.2 Å². The van der Waals surface area contributed by atoms with Crippen LogP contribution in [0.1, 0.15) is 25.7 Å². The third-order valence-corrected chi connectivity index (χ3v) is 5.64. The lowest BCUT2D eigenvalue weighted by molar-refractivity contribution is 0.0329. The first kappa shape index (κ1) is 18.2. The molecule has 1 unspecified atom stereocenters. The number of hydrogen-bond donors (Lipinski definition) is 1. The number of nitrogens with one attached hydrogen (secondary N) is 1. The second-order valence-electron chi connectivity index (χ2n) is 7.40. The summed E-state index contributed by atoms with van der Waals surface area (Å²) in [6.07, 6.45) is 6.17. The zero-order valence-corrected chi connectivity index (χ0v) is 15.8. The minimum Gasteiger partial charge on any atom is -0.379 e. The molecule has 2 aliphatic heterocycles. The van der Waals surface area contributed by atoms with Gasteiger partial charge in [-0.25, -0.2) is 4.79 Å². The first-order valence-electron chi connectivity index (χ1n) is 10.0. The molecule has 0 bridgehead atoms. The summed E-state index contributed by atoms with van der Waals surface area (Å²) >= 11 is 0. The molecule has 1 aromatic carbocycles. The molecule has 1 N–H and O–H groups in total. The summed E-state index contributed by atoms with van der Waals surface area (Å²) < 4.78 is 5.43. The third-order valence-electron chi connectivity index (χ3n) is 5.64. The molecule has 2 aromatic rings. The van der Waals surface area contributed by atoms with Crippen molar-refractivity contribution in [1.29, 1.82) is 0 Å². The highest BCUT2D eigenvalue weighted by molar-refractivity contribution is 5.99. The van der Waals surface area contributed by atoms with E-state index in [-0.39, 0.29) is 6.03 Å². The van der Waals surface area contributed by atoms with Crippen LogP contribution >= 0.6 is 0 Å². The zero-order chi connectivity index (χ0) is 18.5. The summed E-state index contributed by atoms with van der Waals surface area (Å²) in [4.78, 5) is 22.0. The van der Waals surface area contributed by atoms with E-state index in [0.29, 0.717) is 6.04 Å². The number of likely N-dealkylation sites (tertiary alicyclic amines) is 1. The minimum absolute atomic E-state index is 0.000157. The number of urea groups is 1. The number of amides is 2. The van der Waals surface area contributed by atoms with Crippen LogP contribution in [0.3, 0.4) is 0 Å². The van der Waals surface area contributed by atoms with Crippen LogP contribution in [0.2, 0.25) is 0 Å². The molecular weight excluding hydrogens is 340 g/mol. The van der Waals surface area contributed by atoms with Gasteiger partial charge in [-0.05, 0) is 37.8 Å². The number of pyridine rings is 1. The van der Waals surface area contributed by atoms with E-state index in [1.807, 2.05) is 35.2 Å². The van der Waals surface area contributed by atoms with Gasteiger partial charge in [0.1, 0.15) is 0 Å². The monoisotopic (exact) mass is 368 g/mol. The van der Waals surface area contributed by atoms with Gasteiger partial charge in [-0.3, -0.25) is 9.88 Å². The number of para-hydroxylation sites is 1. The number of carbonyl (C=O) groups is 1. The quantitative estimate of drug-likeness (QED) is 0.899. The van der Waals surface area contributed by atoms with Gasteiger partial charge in [0.15, 0.2) is 0 Å². The first-order chi connectivity index (χ1) is 13.3. The molecule has 0 saturated carbocycles. The van der Waals surface area contributed by atoms with Crippen molar-refractivity contribution in [3.05, 3.63) is 36.5 Å². The van der Waals surface area contributed by atoms with E-state index >= 15 is 0 Å². The van der Waals surface area contributed by atoms with E-state index in [9.17, 15) is 4.79 Å². The van der Waals surface area contributed by atoms with Gasteiger partial charge >= 0.3 is 6.03 Å². The number of carbonyl (C=O) groups excluding carboxylic acids is 1. The average molecular weight is 368 g/mol. The number of ether oxygens (including phenoxy) is 1. The Hall–Kier alpha value is -2.18. The summed E-state index contributed by atoms with van der Waals surface area (Å²) in [7, 11) is 0. The molecule has 27 heavy (non-hydrogen) atoms. The maximum Gasteiger partial charge on any atom is 0.322 e. The zero-order valence-electron chi connectivity index (χ0n) is 15.8. The van der Waals surface area contributed by atoms with Crippen molar-refractivity contribution in [1.82, 2.24) is 14.8 Å². The smallest absolute Gasteiger partial charge is 0.322 e. The SMILES string of the molecule is O=C(Nc1cccc2cccnc12)N1CCCCC1CCN1CCOCC1. The topological polar surface area (TPSA) is 57.7 Å². The fourth-order valence-corrected chi connectivity index (χ4v) is 4.12. The molecule has 0 radical (unpaired) electrons. The van der Waals surface area contributed by atoms with E-state index in [4.69, 9.17) is 4.74 Å². The number of anilines is 1. The van der Waals surface area contributed by atoms with Crippen LogP contribution in [0.5, 0.6) is 0 Å². The number of rotatable bonds is 4. The van der Waals surface area contributed by atoms with Gasteiger partial charge in [-0.1, -0.05) is 18.2 Å². The molecule has 144 valence electrons. The Morgan fingerprint density at radius 1 is 1.15 bits per heavy atom. The molecule has 2 amide bonds. The number of hydrogen-bond acceptors (Lipinski definition) is 4. The van der Waals surface area contributed by atoms with Crippen molar-refractivity contribution in [3.8, 4) is 0 Å². The van der Waals surface area contributed by atoms with E-state index in [1.165, 1.54) is 6.42 Å². The van der Waals surface area contributed by atoms with Crippen LogP contribution in [0.4, 0.5) is 10.5 Å². The number of benzene rings is 1. The van der Waals surface area contributed by atoms with Crippen LogP contribution in [0.15, 0.2) is 36.5 Å². The third kappa shape index (κ3) is 4.39. The maximum absolute atomic E-state index is 13.0. The summed E-state index contributed by atoms with van der Waals surface area (Å²) in [5.74, 6) is 0. The van der Waals surface area contributed by atoms with E-state index in [2.05, 4.69) is 15.2 Å². The number of morpholine rings is 1. The van der Waals surface area contributed by atoms with Crippen molar-refractivity contribution in [3.63, 3.8) is 0 Å². The molecule has 0 aliphatic carbocycles. The highest BCUT2D eigenvalue weighted by Gasteiger charge is 2.27. The minimum atomic E-state index is -0.000157. The van der Waals surface area contributed by atoms with Crippen LogP contribution in [-0.2, 0) is 4.74 Å². The molecule has 1 atom stereocenters. The second-order valence-corrected chi connectivity index (χ2v) is 7.40. The lowest BCUT2D eigenvalue weighted by Gasteiger charge is -2.37. The van der Waals surface area contributed by atoms with E-state index in [1.54, 1.807) is 6.20 Å². The highest BCUT2D eigenvalue weighted by atomic mass is 16.5. The molecule has 0 spiro atoms. The van der Waals surface area contributed by atoms with Gasteiger partial charge in [-0.15, -0.1) is 0 Å². The largest absolute Gasteiger partial charge is 0.379 e. The van der Waals surface area contributed by atoms with Crippen LogP contribution < -0.4 is 5.32 Å². The molecule has 4 rings (SSSR count). The molecule has 1 aromatic heterocycles. The van der Waals surface area contributed by atoms with Gasteiger partial charge in [-0.2, -0.15) is 0 Å². The molecule has 2 aliphatic rings. The van der Waals surface area contributed by atoms with Crippen LogP contribution in [0.25, 0.3) is 10.9 Å². The molecule has 6 heteroatoms. The van der Waals surface area contributed by atoms with Crippen molar-refractivity contribution >= 4 is 22.6 Å². The normalized spacial score (nSPS) is 21.3. The van der Waals surface area contributed by atoms with Gasteiger partial charge in [0, 0.05) is 43.8 Å². The first-order valence-corrected chi connectivity index (χ1v) is 10.0. The van der Waals surface area contributed by atoms with Gasteiger partial charge in [0.05, 0.1) is 24.4 Å². The summed E-state index contributed by atoms with van der Waals surface area (Å²) in [5, 5.41) is 4.15. The Morgan fingerprint density at radius 2 is 2.00 bits per heavy atom. The van der Waals surface area contributed by atoms with Crippen molar-refractivity contribution in [2.24, 2.45) is 0 Å². The van der Waals surface area contributed by atoms with Gasteiger partial charge < -0.3 is 15.0 Å². The lowest BCUT2D eigenvalue weighted by atomic mass is 9.99. The van der Waals surface area contributed by atoms with Gasteiger partial charge in [0.2, 0.25) is 0 Å². The maximum atomic E-state index is 13.0. The summed E-state index contributed by atoms with van der Waals surface area (Å²) in [6, 6.07) is 10.2. The molecular formula is C21H28N4O2. The van der Waals surface area contributed by atoms with Crippen molar-refractivity contribution < 1.29 is 9.53 Å². The highest BCUT2D eigenvalue weighted by Crippen LogP contribution is 2.24. The van der Waals surface area contributed by atoms with E-state index < -0.39 is 0 Å². The Morgan fingerprint density at radius 3 is 2.89 bits per heavy atom. The standard InChI is InChI=1S/C21H28N4O2/c26-21(23-19-8-3-5-17-6-4-10-22-20(17)19)25-11-2-1-7-18(25)9-12-24-13-15-27-16-14-24/h3-6,8,10,18H,1-2,7,9,11-16H2,(H,23,26).